The minimum Gasteiger partial charge on any atom is -0.350 e. The molecular formula is C15H18N8. The van der Waals surface area contributed by atoms with Crippen molar-refractivity contribution in [2.24, 2.45) is 0 Å². The molecule has 4 heterocycles. The van der Waals surface area contributed by atoms with Crippen molar-refractivity contribution in [1.29, 1.82) is 0 Å². The van der Waals surface area contributed by atoms with E-state index in [1.54, 1.807) is 12.5 Å². The van der Waals surface area contributed by atoms with Crippen molar-refractivity contribution in [2.45, 2.75) is 13.3 Å². The molecule has 23 heavy (non-hydrogen) atoms. The van der Waals surface area contributed by atoms with E-state index >= 15 is 0 Å². The van der Waals surface area contributed by atoms with Crippen molar-refractivity contribution in [3.05, 3.63) is 36.7 Å². The maximum absolute atomic E-state index is 4.48. The fraction of sp³-hybridized carbons (Fsp3) is 0.400. The molecule has 0 radical (unpaired) electrons. The Morgan fingerprint density at radius 2 is 1.74 bits per heavy atom. The normalized spacial score (nSPS) is 15.3. The van der Waals surface area contributed by atoms with Crippen LogP contribution in [0.4, 0.5) is 11.8 Å². The van der Waals surface area contributed by atoms with E-state index in [2.05, 4.69) is 41.9 Å². The van der Waals surface area contributed by atoms with Gasteiger partial charge in [-0.1, -0.05) is 6.92 Å². The Balaban J connectivity index is 1.49. The average molecular weight is 310 g/mol. The Morgan fingerprint density at radius 1 is 1.00 bits per heavy atom. The minimum atomic E-state index is 0.796. The summed E-state index contributed by atoms with van der Waals surface area (Å²) in [7, 11) is 0. The maximum Gasteiger partial charge on any atom is 0.225 e. The third-order valence-electron chi connectivity index (χ3n) is 4.16. The second-order valence-corrected chi connectivity index (χ2v) is 5.53. The quantitative estimate of drug-likeness (QED) is 0.708. The number of fused-ring (bicyclic) bond motifs is 1. The second kappa shape index (κ2) is 5.79. The predicted molar refractivity (Wildman–Crippen MR) is 86.6 cm³/mol. The molecule has 8 nitrogen and oxygen atoms in total. The summed E-state index contributed by atoms with van der Waals surface area (Å²) in [6.45, 7) is 5.55. The molecule has 1 aliphatic rings. The zero-order valence-corrected chi connectivity index (χ0v) is 13.0. The summed E-state index contributed by atoms with van der Waals surface area (Å²) in [4.78, 5) is 17.9. The molecule has 0 saturated carbocycles. The topological polar surface area (TPSA) is 75.3 Å². The Bertz CT molecular complexity index is 789. The van der Waals surface area contributed by atoms with E-state index in [1.807, 2.05) is 23.0 Å². The summed E-state index contributed by atoms with van der Waals surface area (Å²) in [5.41, 5.74) is 1.96. The molecule has 8 heteroatoms. The van der Waals surface area contributed by atoms with Gasteiger partial charge in [0.25, 0.3) is 0 Å². The Kier molecular flexibility index (Phi) is 3.49. The molecule has 118 valence electrons. The first-order valence-corrected chi connectivity index (χ1v) is 7.80. The average Bonchev–Trinajstić information content (AvgIpc) is 3.11. The predicted octanol–water partition coefficient (Wildman–Crippen LogP) is 0.803. The van der Waals surface area contributed by atoms with Crippen LogP contribution < -0.4 is 9.80 Å². The molecule has 4 rings (SSSR count). The van der Waals surface area contributed by atoms with E-state index in [-0.39, 0.29) is 0 Å². The minimum absolute atomic E-state index is 0.796. The van der Waals surface area contributed by atoms with E-state index < -0.39 is 0 Å². The van der Waals surface area contributed by atoms with Crippen molar-refractivity contribution in [3.63, 3.8) is 0 Å². The maximum atomic E-state index is 4.48. The number of hydrogen-bond acceptors (Lipinski definition) is 7. The van der Waals surface area contributed by atoms with Crippen molar-refractivity contribution in [1.82, 2.24) is 29.5 Å². The van der Waals surface area contributed by atoms with Gasteiger partial charge in [0.1, 0.15) is 6.33 Å². The van der Waals surface area contributed by atoms with Crippen LogP contribution in [0.5, 0.6) is 0 Å². The number of nitrogens with zero attached hydrogens (tertiary/aromatic N) is 8. The Labute approximate surface area is 133 Å². The van der Waals surface area contributed by atoms with Crippen molar-refractivity contribution < 1.29 is 0 Å². The summed E-state index contributed by atoms with van der Waals surface area (Å²) >= 11 is 0. The first-order chi connectivity index (χ1) is 11.3. The van der Waals surface area contributed by atoms with Crippen LogP contribution in [-0.2, 0) is 6.42 Å². The van der Waals surface area contributed by atoms with E-state index in [0.29, 0.717) is 0 Å². The Hall–Kier alpha value is -2.77. The monoisotopic (exact) mass is 310 g/mol. The van der Waals surface area contributed by atoms with Gasteiger partial charge < -0.3 is 9.80 Å². The molecule has 1 saturated heterocycles. The molecule has 0 bridgehead atoms. The molecule has 0 amide bonds. The van der Waals surface area contributed by atoms with Gasteiger partial charge in [-0.05, 0) is 12.0 Å². The molecule has 3 aromatic heterocycles. The third-order valence-corrected chi connectivity index (χ3v) is 4.16. The van der Waals surface area contributed by atoms with Gasteiger partial charge in [-0.25, -0.2) is 15.0 Å². The van der Waals surface area contributed by atoms with Crippen LogP contribution in [0.2, 0.25) is 0 Å². The van der Waals surface area contributed by atoms with Gasteiger partial charge in [-0.15, -0.1) is 10.2 Å². The highest BCUT2D eigenvalue weighted by Crippen LogP contribution is 2.19. The molecule has 0 atom stereocenters. The highest BCUT2D eigenvalue weighted by molar-refractivity contribution is 5.63. The van der Waals surface area contributed by atoms with Crippen LogP contribution in [0.15, 0.2) is 31.1 Å². The van der Waals surface area contributed by atoms with Crippen LogP contribution in [-0.4, -0.2) is 55.7 Å². The van der Waals surface area contributed by atoms with E-state index in [9.17, 15) is 0 Å². The highest BCUT2D eigenvalue weighted by Gasteiger charge is 2.22. The SMILES string of the molecule is CCc1cnc(N2CCN(c3nccn4cnnc34)CC2)nc1. The van der Waals surface area contributed by atoms with E-state index in [0.717, 1.165) is 55.6 Å². The summed E-state index contributed by atoms with van der Waals surface area (Å²) in [5.74, 6) is 1.68. The number of piperazine rings is 1. The van der Waals surface area contributed by atoms with Crippen LogP contribution >= 0.6 is 0 Å². The zero-order valence-electron chi connectivity index (χ0n) is 13.0. The second-order valence-electron chi connectivity index (χ2n) is 5.53. The molecule has 0 aliphatic carbocycles. The van der Waals surface area contributed by atoms with Gasteiger partial charge in [0.15, 0.2) is 5.82 Å². The largest absolute Gasteiger partial charge is 0.350 e. The summed E-state index contributed by atoms with van der Waals surface area (Å²) in [6, 6.07) is 0. The lowest BCUT2D eigenvalue weighted by atomic mass is 10.3. The van der Waals surface area contributed by atoms with Crippen molar-refractivity contribution in [2.75, 3.05) is 36.0 Å². The number of aromatic nitrogens is 6. The van der Waals surface area contributed by atoms with Crippen LogP contribution in [0, 0.1) is 0 Å². The summed E-state index contributed by atoms with van der Waals surface area (Å²) < 4.78 is 1.89. The number of anilines is 2. The molecule has 1 aliphatic heterocycles. The fourth-order valence-electron chi connectivity index (χ4n) is 2.78. The fourth-order valence-corrected chi connectivity index (χ4v) is 2.78. The van der Waals surface area contributed by atoms with E-state index in [1.165, 1.54) is 0 Å². The van der Waals surface area contributed by atoms with E-state index in [4.69, 9.17) is 0 Å². The molecule has 0 spiro atoms. The van der Waals surface area contributed by atoms with Gasteiger partial charge in [-0.3, -0.25) is 4.40 Å². The van der Waals surface area contributed by atoms with Gasteiger partial charge in [0, 0.05) is 51.0 Å². The molecule has 1 fully saturated rings. The first kappa shape index (κ1) is 13.9. The Morgan fingerprint density at radius 3 is 2.48 bits per heavy atom. The smallest absolute Gasteiger partial charge is 0.225 e. The zero-order chi connectivity index (χ0) is 15.6. The molecule has 0 aromatic carbocycles. The summed E-state index contributed by atoms with van der Waals surface area (Å²) in [5, 5.41) is 8.11. The lowest BCUT2D eigenvalue weighted by Crippen LogP contribution is -2.47. The van der Waals surface area contributed by atoms with Gasteiger partial charge in [0.2, 0.25) is 11.6 Å². The third kappa shape index (κ3) is 2.56. The number of aryl methyl sites for hydroxylation is 1. The molecule has 0 unspecified atom stereocenters. The van der Waals surface area contributed by atoms with Crippen LogP contribution in [0.25, 0.3) is 5.65 Å². The van der Waals surface area contributed by atoms with Gasteiger partial charge in [0.05, 0.1) is 0 Å². The van der Waals surface area contributed by atoms with Crippen molar-refractivity contribution >= 4 is 17.4 Å². The first-order valence-electron chi connectivity index (χ1n) is 7.80. The molecule has 3 aromatic rings. The summed E-state index contributed by atoms with van der Waals surface area (Å²) in [6.07, 6.45) is 10.1. The standard InChI is InChI=1S/C15H18N8/c1-2-12-9-17-15(18-10-12)22-7-5-21(6-8-22)13-14-20-19-11-23(14)4-3-16-13/h3-4,9-11H,2,5-8H2,1H3. The van der Waals surface area contributed by atoms with Crippen LogP contribution in [0.1, 0.15) is 12.5 Å². The van der Waals surface area contributed by atoms with Crippen LogP contribution in [0.3, 0.4) is 0 Å². The lowest BCUT2D eigenvalue weighted by Gasteiger charge is -2.35. The number of rotatable bonds is 3. The number of hydrogen-bond donors (Lipinski definition) is 0. The lowest BCUT2D eigenvalue weighted by molar-refractivity contribution is 0.634. The highest BCUT2D eigenvalue weighted by atomic mass is 15.3. The molecule has 0 N–H and O–H groups in total. The van der Waals surface area contributed by atoms with Gasteiger partial charge >= 0.3 is 0 Å². The molecular weight excluding hydrogens is 292 g/mol. The van der Waals surface area contributed by atoms with Crippen molar-refractivity contribution in [3.8, 4) is 0 Å². The van der Waals surface area contributed by atoms with Gasteiger partial charge in [-0.2, -0.15) is 0 Å².